The highest BCUT2D eigenvalue weighted by Gasteiger charge is 2.17. The Bertz CT molecular complexity index is 608. The number of para-hydroxylation sites is 1. The summed E-state index contributed by atoms with van der Waals surface area (Å²) in [4.78, 5) is 16.7. The number of rotatable bonds is 4. The zero-order valence-corrected chi connectivity index (χ0v) is 12.2. The van der Waals surface area contributed by atoms with Crippen molar-refractivity contribution in [3.05, 3.63) is 42.1 Å². The molecule has 3 rings (SSSR count). The Balaban J connectivity index is 1.64. The first kappa shape index (κ1) is 13.6. The van der Waals surface area contributed by atoms with Crippen molar-refractivity contribution >= 4 is 28.4 Å². The summed E-state index contributed by atoms with van der Waals surface area (Å²) in [7, 11) is 0. The fraction of sp³-hybridized carbons (Fsp3) is 0.375. The third-order valence-corrected chi connectivity index (χ3v) is 4.64. The quantitative estimate of drug-likeness (QED) is 0.937. The van der Waals surface area contributed by atoms with Crippen LogP contribution in [0.4, 0.5) is 0 Å². The van der Waals surface area contributed by atoms with Crippen molar-refractivity contribution in [1.82, 2.24) is 10.3 Å². The predicted molar refractivity (Wildman–Crippen MR) is 84.2 cm³/mol. The van der Waals surface area contributed by atoms with Gasteiger partial charge in [0.1, 0.15) is 5.78 Å². The number of thioether (sulfide) groups is 1. The molecule has 1 atom stereocenters. The fourth-order valence-electron chi connectivity index (χ4n) is 2.51. The highest BCUT2D eigenvalue weighted by atomic mass is 32.2. The maximum atomic E-state index is 12.1. The topological polar surface area (TPSA) is 42.0 Å². The van der Waals surface area contributed by atoms with E-state index in [1.54, 1.807) is 0 Å². The van der Waals surface area contributed by atoms with Gasteiger partial charge >= 0.3 is 0 Å². The lowest BCUT2D eigenvalue weighted by atomic mass is 10.1. The molecular weight excluding hydrogens is 268 g/mol. The number of ketones is 1. The van der Waals surface area contributed by atoms with Gasteiger partial charge in [-0.1, -0.05) is 24.3 Å². The average Bonchev–Trinajstić information content (AvgIpc) is 2.48. The maximum absolute atomic E-state index is 12.1. The van der Waals surface area contributed by atoms with Crippen LogP contribution < -0.4 is 5.32 Å². The van der Waals surface area contributed by atoms with E-state index in [9.17, 15) is 4.79 Å². The molecule has 0 amide bonds. The SMILES string of the molecule is O=C(Cc1ccc2ccccc2n1)CC1CSCCN1. The van der Waals surface area contributed by atoms with Crippen molar-refractivity contribution in [2.45, 2.75) is 18.9 Å². The molecule has 1 N–H and O–H groups in total. The van der Waals surface area contributed by atoms with Gasteiger partial charge in [0.2, 0.25) is 0 Å². The van der Waals surface area contributed by atoms with Gasteiger partial charge in [0.25, 0.3) is 0 Å². The van der Waals surface area contributed by atoms with Crippen LogP contribution in [0.2, 0.25) is 0 Å². The summed E-state index contributed by atoms with van der Waals surface area (Å²) < 4.78 is 0. The highest BCUT2D eigenvalue weighted by Crippen LogP contribution is 2.14. The Morgan fingerprint density at radius 2 is 2.20 bits per heavy atom. The number of hydrogen-bond acceptors (Lipinski definition) is 4. The van der Waals surface area contributed by atoms with E-state index in [0.29, 0.717) is 18.9 Å². The molecule has 20 heavy (non-hydrogen) atoms. The molecule has 104 valence electrons. The number of aromatic nitrogens is 1. The van der Waals surface area contributed by atoms with Crippen LogP contribution in [0.5, 0.6) is 0 Å². The molecule has 0 spiro atoms. The van der Waals surface area contributed by atoms with Crippen LogP contribution in [0.1, 0.15) is 12.1 Å². The summed E-state index contributed by atoms with van der Waals surface area (Å²) in [6, 6.07) is 12.3. The van der Waals surface area contributed by atoms with Gasteiger partial charge < -0.3 is 5.32 Å². The Kier molecular flexibility index (Phi) is 4.33. The molecule has 1 aliphatic heterocycles. The molecule has 1 aromatic carbocycles. The van der Waals surface area contributed by atoms with Crippen molar-refractivity contribution in [1.29, 1.82) is 0 Å². The van der Waals surface area contributed by atoms with E-state index in [1.165, 1.54) is 0 Å². The molecule has 2 aromatic rings. The van der Waals surface area contributed by atoms with Gasteiger partial charge in [0.15, 0.2) is 0 Å². The Morgan fingerprint density at radius 3 is 3.05 bits per heavy atom. The number of benzene rings is 1. The molecule has 1 fully saturated rings. The summed E-state index contributed by atoms with van der Waals surface area (Å²) >= 11 is 1.92. The van der Waals surface area contributed by atoms with E-state index in [-0.39, 0.29) is 5.78 Å². The Labute approximate surface area is 123 Å². The minimum Gasteiger partial charge on any atom is -0.312 e. The summed E-state index contributed by atoms with van der Waals surface area (Å²) in [6.07, 6.45) is 1.05. The van der Waals surface area contributed by atoms with E-state index in [4.69, 9.17) is 0 Å². The monoisotopic (exact) mass is 286 g/mol. The van der Waals surface area contributed by atoms with Crippen LogP contribution in [0.15, 0.2) is 36.4 Å². The number of carbonyl (C=O) groups excluding carboxylic acids is 1. The first-order valence-electron chi connectivity index (χ1n) is 6.99. The average molecular weight is 286 g/mol. The van der Waals surface area contributed by atoms with Crippen LogP contribution in [-0.4, -0.2) is 34.9 Å². The number of pyridine rings is 1. The second-order valence-corrected chi connectivity index (χ2v) is 6.29. The van der Waals surface area contributed by atoms with Gasteiger partial charge in [0, 0.05) is 48.0 Å². The van der Waals surface area contributed by atoms with Crippen molar-refractivity contribution in [2.24, 2.45) is 0 Å². The van der Waals surface area contributed by atoms with Crippen LogP contribution >= 0.6 is 11.8 Å². The standard InChI is InChI=1S/C16H18N2OS/c19-15(10-14-11-20-8-7-17-14)9-13-6-5-12-3-1-2-4-16(12)18-13/h1-6,14,17H,7-11H2. The molecule has 0 saturated carbocycles. The number of nitrogens with one attached hydrogen (secondary N) is 1. The van der Waals surface area contributed by atoms with E-state index >= 15 is 0 Å². The van der Waals surface area contributed by atoms with Crippen molar-refractivity contribution in [3.8, 4) is 0 Å². The van der Waals surface area contributed by atoms with Crippen molar-refractivity contribution in [3.63, 3.8) is 0 Å². The van der Waals surface area contributed by atoms with Crippen LogP contribution in [0, 0.1) is 0 Å². The largest absolute Gasteiger partial charge is 0.312 e. The minimum absolute atomic E-state index is 0.271. The van der Waals surface area contributed by atoms with E-state index in [0.717, 1.165) is 34.6 Å². The smallest absolute Gasteiger partial charge is 0.140 e. The number of Topliss-reactive ketones (excluding diaryl/α,β-unsaturated/α-hetero) is 1. The zero-order valence-electron chi connectivity index (χ0n) is 11.3. The minimum atomic E-state index is 0.271. The molecular formula is C16H18N2OS. The number of fused-ring (bicyclic) bond motifs is 1. The first-order valence-corrected chi connectivity index (χ1v) is 8.14. The lowest BCUT2D eigenvalue weighted by Crippen LogP contribution is -2.39. The molecule has 1 aromatic heterocycles. The van der Waals surface area contributed by atoms with Gasteiger partial charge in [-0.2, -0.15) is 11.8 Å². The Morgan fingerprint density at radius 1 is 1.30 bits per heavy atom. The van der Waals surface area contributed by atoms with Crippen molar-refractivity contribution in [2.75, 3.05) is 18.1 Å². The van der Waals surface area contributed by atoms with E-state index in [2.05, 4.69) is 10.3 Å². The van der Waals surface area contributed by atoms with E-state index < -0.39 is 0 Å². The number of carbonyl (C=O) groups is 1. The molecule has 4 heteroatoms. The zero-order chi connectivity index (χ0) is 13.8. The van der Waals surface area contributed by atoms with Gasteiger partial charge in [-0.3, -0.25) is 9.78 Å². The Hall–Kier alpha value is -1.39. The summed E-state index contributed by atoms with van der Waals surface area (Å²) in [6.45, 7) is 1.01. The second kappa shape index (κ2) is 6.37. The normalized spacial score (nSPS) is 19.1. The lowest BCUT2D eigenvalue weighted by Gasteiger charge is -2.22. The number of hydrogen-bond donors (Lipinski definition) is 1. The highest BCUT2D eigenvalue weighted by molar-refractivity contribution is 7.99. The predicted octanol–water partition coefficient (Wildman–Crippen LogP) is 2.44. The molecule has 2 heterocycles. The van der Waals surface area contributed by atoms with Gasteiger partial charge in [0.05, 0.1) is 5.52 Å². The molecule has 1 unspecified atom stereocenters. The molecule has 0 bridgehead atoms. The molecule has 0 aliphatic carbocycles. The third-order valence-electron chi connectivity index (χ3n) is 3.51. The first-order chi connectivity index (χ1) is 9.81. The summed E-state index contributed by atoms with van der Waals surface area (Å²) in [5.41, 5.74) is 1.83. The fourth-order valence-corrected chi connectivity index (χ4v) is 3.46. The molecule has 3 nitrogen and oxygen atoms in total. The second-order valence-electron chi connectivity index (χ2n) is 5.14. The molecule has 0 radical (unpaired) electrons. The van der Waals surface area contributed by atoms with Crippen LogP contribution in [0.25, 0.3) is 10.9 Å². The molecule has 1 aliphatic rings. The van der Waals surface area contributed by atoms with Gasteiger partial charge in [-0.05, 0) is 12.1 Å². The van der Waals surface area contributed by atoms with Gasteiger partial charge in [-0.15, -0.1) is 0 Å². The van der Waals surface area contributed by atoms with Crippen molar-refractivity contribution < 1.29 is 4.79 Å². The molecule has 1 saturated heterocycles. The summed E-state index contributed by atoms with van der Waals surface area (Å²) in [5.74, 6) is 2.46. The van der Waals surface area contributed by atoms with Crippen LogP contribution in [0.3, 0.4) is 0 Å². The van der Waals surface area contributed by atoms with E-state index in [1.807, 2.05) is 48.2 Å². The third kappa shape index (κ3) is 3.38. The summed E-state index contributed by atoms with van der Waals surface area (Å²) in [5, 5.41) is 4.52. The number of nitrogens with zero attached hydrogens (tertiary/aromatic N) is 1. The van der Waals surface area contributed by atoms with Crippen LogP contribution in [-0.2, 0) is 11.2 Å². The van der Waals surface area contributed by atoms with Gasteiger partial charge in [-0.25, -0.2) is 0 Å². The maximum Gasteiger partial charge on any atom is 0.140 e. The lowest BCUT2D eigenvalue weighted by molar-refractivity contribution is -0.118.